The number of rotatable bonds is 6. The van der Waals surface area contributed by atoms with Gasteiger partial charge in [-0.2, -0.15) is 0 Å². The fourth-order valence-electron chi connectivity index (χ4n) is 0.971. The monoisotopic (exact) mass is 200 g/mol. The van der Waals surface area contributed by atoms with Gasteiger partial charge in [0.15, 0.2) is 0 Å². The molecule has 0 heterocycles. The average molecular weight is 200 g/mol. The van der Waals surface area contributed by atoms with Crippen LogP contribution >= 0.6 is 0 Å². The van der Waals surface area contributed by atoms with Crippen molar-refractivity contribution in [1.82, 2.24) is 10.2 Å². The van der Waals surface area contributed by atoms with Crippen LogP contribution in [-0.4, -0.2) is 38.0 Å². The smallest absolute Gasteiger partial charge is 0.223 e. The van der Waals surface area contributed by atoms with Crippen molar-refractivity contribution in [3.63, 3.8) is 0 Å². The fraction of sp³-hybridized carbons (Fsp3) is 0.909. The van der Waals surface area contributed by atoms with Gasteiger partial charge in [0.1, 0.15) is 0 Å². The van der Waals surface area contributed by atoms with Gasteiger partial charge in [0, 0.05) is 33.6 Å². The van der Waals surface area contributed by atoms with Crippen LogP contribution in [0.1, 0.15) is 33.6 Å². The highest BCUT2D eigenvalue weighted by atomic mass is 16.2. The maximum atomic E-state index is 11.2. The van der Waals surface area contributed by atoms with Crippen molar-refractivity contribution in [3.8, 4) is 0 Å². The number of hydrogen-bond acceptors (Lipinski definition) is 2. The topological polar surface area (TPSA) is 32.3 Å². The van der Waals surface area contributed by atoms with Crippen LogP contribution in [0, 0.1) is 5.41 Å². The highest BCUT2D eigenvalue weighted by molar-refractivity contribution is 5.75. The number of carbonyl (C=O) groups is 1. The molecular formula is C11H24N2O. The van der Waals surface area contributed by atoms with Gasteiger partial charge in [-0.1, -0.05) is 20.8 Å². The van der Waals surface area contributed by atoms with E-state index in [1.165, 1.54) is 0 Å². The molecule has 0 rings (SSSR count). The lowest BCUT2D eigenvalue weighted by molar-refractivity contribution is -0.128. The molecule has 0 atom stereocenters. The van der Waals surface area contributed by atoms with E-state index in [1.807, 2.05) is 0 Å². The van der Waals surface area contributed by atoms with E-state index in [0.717, 1.165) is 19.5 Å². The molecule has 1 N–H and O–H groups in total. The Balaban J connectivity index is 3.52. The van der Waals surface area contributed by atoms with E-state index in [2.05, 4.69) is 26.1 Å². The Bertz CT molecular complexity index is 176. The number of carbonyl (C=O) groups excluding carboxylic acids is 1. The van der Waals surface area contributed by atoms with Crippen LogP contribution in [0.25, 0.3) is 0 Å². The van der Waals surface area contributed by atoms with Crippen LogP contribution in [0.4, 0.5) is 0 Å². The van der Waals surface area contributed by atoms with Gasteiger partial charge in [-0.15, -0.1) is 0 Å². The molecule has 0 spiro atoms. The van der Waals surface area contributed by atoms with Gasteiger partial charge in [0.25, 0.3) is 0 Å². The Labute approximate surface area is 87.9 Å². The van der Waals surface area contributed by atoms with Crippen molar-refractivity contribution < 1.29 is 4.79 Å². The van der Waals surface area contributed by atoms with Gasteiger partial charge >= 0.3 is 0 Å². The van der Waals surface area contributed by atoms with Crippen molar-refractivity contribution in [2.75, 3.05) is 27.2 Å². The standard InChI is InChI=1S/C11H24N2O/c1-6-11(2,3)9-12-8-7-10(14)13(4)5/h12H,6-9H2,1-5H3. The summed E-state index contributed by atoms with van der Waals surface area (Å²) in [5.74, 6) is 0.187. The second-order valence-corrected chi connectivity index (χ2v) is 4.73. The normalized spacial score (nSPS) is 11.5. The average Bonchev–Trinajstić information content (AvgIpc) is 2.12. The Morgan fingerprint density at radius 3 is 2.36 bits per heavy atom. The van der Waals surface area contributed by atoms with Crippen LogP contribution in [0.2, 0.25) is 0 Å². The van der Waals surface area contributed by atoms with E-state index in [4.69, 9.17) is 0 Å². The lowest BCUT2D eigenvalue weighted by Gasteiger charge is -2.23. The lowest BCUT2D eigenvalue weighted by Crippen LogP contribution is -2.32. The lowest BCUT2D eigenvalue weighted by atomic mass is 9.90. The zero-order chi connectivity index (χ0) is 11.2. The molecule has 0 aliphatic carbocycles. The highest BCUT2D eigenvalue weighted by Crippen LogP contribution is 2.17. The molecule has 3 nitrogen and oxygen atoms in total. The van der Waals surface area contributed by atoms with E-state index < -0.39 is 0 Å². The molecule has 0 saturated carbocycles. The third-order valence-electron chi connectivity index (χ3n) is 2.58. The Morgan fingerprint density at radius 2 is 1.93 bits per heavy atom. The second kappa shape index (κ2) is 6.02. The molecule has 0 aromatic rings. The minimum Gasteiger partial charge on any atom is -0.349 e. The minimum atomic E-state index is 0.187. The zero-order valence-electron chi connectivity index (χ0n) is 10.2. The quantitative estimate of drug-likeness (QED) is 0.659. The molecule has 14 heavy (non-hydrogen) atoms. The first-order chi connectivity index (χ1) is 6.39. The van der Waals surface area contributed by atoms with Crippen LogP contribution in [-0.2, 0) is 4.79 Å². The summed E-state index contributed by atoms with van der Waals surface area (Å²) in [6, 6.07) is 0. The molecule has 0 aliphatic rings. The highest BCUT2D eigenvalue weighted by Gasteiger charge is 2.14. The first kappa shape index (κ1) is 13.4. The first-order valence-corrected chi connectivity index (χ1v) is 5.30. The van der Waals surface area contributed by atoms with Gasteiger partial charge in [-0.25, -0.2) is 0 Å². The van der Waals surface area contributed by atoms with E-state index in [9.17, 15) is 4.79 Å². The summed E-state index contributed by atoms with van der Waals surface area (Å²) in [7, 11) is 3.58. The van der Waals surface area contributed by atoms with Gasteiger partial charge in [-0.3, -0.25) is 4.79 Å². The molecule has 0 saturated heterocycles. The maximum Gasteiger partial charge on any atom is 0.223 e. The summed E-state index contributed by atoms with van der Waals surface area (Å²) in [5, 5.41) is 3.31. The largest absolute Gasteiger partial charge is 0.349 e. The molecule has 3 heteroatoms. The van der Waals surface area contributed by atoms with E-state index >= 15 is 0 Å². The zero-order valence-corrected chi connectivity index (χ0v) is 10.2. The second-order valence-electron chi connectivity index (χ2n) is 4.73. The molecule has 1 amide bonds. The maximum absolute atomic E-state index is 11.2. The molecule has 0 fully saturated rings. The van der Waals surface area contributed by atoms with Gasteiger partial charge in [0.05, 0.1) is 0 Å². The fourth-order valence-corrected chi connectivity index (χ4v) is 0.971. The molecule has 0 bridgehead atoms. The van der Waals surface area contributed by atoms with Crippen LogP contribution < -0.4 is 5.32 Å². The van der Waals surface area contributed by atoms with Crippen molar-refractivity contribution in [3.05, 3.63) is 0 Å². The summed E-state index contributed by atoms with van der Waals surface area (Å²) >= 11 is 0. The van der Waals surface area contributed by atoms with Crippen LogP contribution in [0.5, 0.6) is 0 Å². The Kier molecular flexibility index (Phi) is 5.77. The Morgan fingerprint density at radius 1 is 1.36 bits per heavy atom. The molecule has 0 aromatic heterocycles. The van der Waals surface area contributed by atoms with Crippen LogP contribution in [0.15, 0.2) is 0 Å². The van der Waals surface area contributed by atoms with Crippen LogP contribution in [0.3, 0.4) is 0 Å². The molecule has 0 aliphatic heterocycles. The van der Waals surface area contributed by atoms with Crippen molar-refractivity contribution in [2.45, 2.75) is 33.6 Å². The minimum absolute atomic E-state index is 0.187. The van der Waals surface area contributed by atoms with Crippen molar-refractivity contribution in [1.29, 1.82) is 0 Å². The van der Waals surface area contributed by atoms with E-state index in [-0.39, 0.29) is 5.91 Å². The summed E-state index contributed by atoms with van der Waals surface area (Å²) in [6.45, 7) is 8.40. The van der Waals surface area contributed by atoms with Gasteiger partial charge in [-0.05, 0) is 11.8 Å². The number of hydrogen-bond donors (Lipinski definition) is 1. The Hall–Kier alpha value is -0.570. The summed E-state index contributed by atoms with van der Waals surface area (Å²) in [4.78, 5) is 12.9. The number of amides is 1. The molecule has 0 aromatic carbocycles. The first-order valence-electron chi connectivity index (χ1n) is 5.30. The third-order valence-corrected chi connectivity index (χ3v) is 2.58. The van der Waals surface area contributed by atoms with Crippen molar-refractivity contribution in [2.24, 2.45) is 5.41 Å². The summed E-state index contributed by atoms with van der Waals surface area (Å²) < 4.78 is 0. The van der Waals surface area contributed by atoms with Gasteiger partial charge in [0.2, 0.25) is 5.91 Å². The molecular weight excluding hydrogens is 176 g/mol. The summed E-state index contributed by atoms with van der Waals surface area (Å²) in [6.07, 6.45) is 1.74. The molecule has 0 radical (unpaired) electrons. The third kappa shape index (κ3) is 5.97. The molecule has 0 unspecified atom stereocenters. The van der Waals surface area contributed by atoms with Gasteiger partial charge < -0.3 is 10.2 Å². The predicted octanol–water partition coefficient (Wildman–Crippen LogP) is 1.49. The SMILES string of the molecule is CCC(C)(C)CNCCC(=O)N(C)C. The van der Waals surface area contributed by atoms with E-state index in [0.29, 0.717) is 11.8 Å². The van der Waals surface area contributed by atoms with E-state index in [1.54, 1.807) is 19.0 Å². The predicted molar refractivity (Wildman–Crippen MR) is 60.3 cm³/mol. The summed E-state index contributed by atoms with van der Waals surface area (Å²) in [5.41, 5.74) is 0.334. The number of nitrogens with one attached hydrogen (secondary N) is 1. The molecule has 84 valence electrons. The van der Waals surface area contributed by atoms with Crippen molar-refractivity contribution >= 4 is 5.91 Å². The number of nitrogens with zero attached hydrogens (tertiary/aromatic N) is 1.